The van der Waals surface area contributed by atoms with Crippen LogP contribution in [0.15, 0.2) is 194 Å². The van der Waals surface area contributed by atoms with Crippen LogP contribution in [0.2, 0.25) is 0 Å². The van der Waals surface area contributed by atoms with Crippen molar-refractivity contribution in [2.75, 3.05) is 0 Å². The average Bonchev–Trinajstić information content (AvgIpc) is 3.65. The van der Waals surface area contributed by atoms with Gasteiger partial charge in [-0.25, -0.2) is 9.97 Å². The first-order valence-corrected chi connectivity index (χ1v) is 19.8. The lowest BCUT2D eigenvalue weighted by atomic mass is 9.91. The van der Waals surface area contributed by atoms with Crippen molar-refractivity contribution >= 4 is 21.8 Å². The molecule has 0 saturated carbocycles. The first kappa shape index (κ1) is 36.0. The van der Waals surface area contributed by atoms with E-state index in [0.29, 0.717) is 17.0 Å². The van der Waals surface area contributed by atoms with Gasteiger partial charge in [0.05, 0.1) is 51.4 Å². The summed E-state index contributed by atoms with van der Waals surface area (Å²) >= 11 is 0. The number of nitriles is 2. The second-order valence-corrected chi connectivity index (χ2v) is 14.9. The van der Waals surface area contributed by atoms with Crippen molar-refractivity contribution < 1.29 is 0 Å². The molecule has 5 heteroatoms. The largest absolute Gasteiger partial charge is 0.308 e. The lowest BCUT2D eigenvalue weighted by Crippen LogP contribution is -2.03. The van der Waals surface area contributed by atoms with Crippen molar-refractivity contribution in [2.45, 2.75) is 6.92 Å². The van der Waals surface area contributed by atoms with Gasteiger partial charge in [-0.05, 0) is 89.8 Å². The van der Waals surface area contributed by atoms with Gasteiger partial charge in [0.15, 0.2) is 5.82 Å². The maximum Gasteiger partial charge on any atom is 0.160 e. The van der Waals surface area contributed by atoms with E-state index in [2.05, 4.69) is 121 Å². The molecule has 0 fully saturated rings. The Morgan fingerprint density at radius 1 is 0.400 bits per heavy atom. The van der Waals surface area contributed by atoms with Gasteiger partial charge in [0, 0.05) is 38.6 Å². The molecule has 0 amide bonds. The van der Waals surface area contributed by atoms with Crippen LogP contribution in [-0.2, 0) is 0 Å². The van der Waals surface area contributed by atoms with E-state index in [0.717, 1.165) is 83.4 Å². The summed E-state index contributed by atoms with van der Waals surface area (Å²) < 4.78 is 2.38. The van der Waals surface area contributed by atoms with E-state index in [1.807, 2.05) is 97.1 Å². The number of nitrogens with zero attached hydrogens (tertiary/aromatic N) is 5. The van der Waals surface area contributed by atoms with Crippen LogP contribution in [-0.4, -0.2) is 14.5 Å². The Labute approximate surface area is 348 Å². The number of hydrogen-bond acceptors (Lipinski definition) is 4. The van der Waals surface area contributed by atoms with Crippen LogP contribution in [0.4, 0.5) is 0 Å². The van der Waals surface area contributed by atoms with Gasteiger partial charge >= 0.3 is 0 Å². The number of para-hydroxylation sites is 1. The predicted octanol–water partition coefficient (Wildman–Crippen LogP) is 13.6. The molecule has 0 aliphatic carbocycles. The minimum absolute atomic E-state index is 0.583. The summed E-state index contributed by atoms with van der Waals surface area (Å²) in [5.41, 5.74) is 16.0. The molecular formula is C55H35N5. The summed E-state index contributed by atoms with van der Waals surface area (Å²) in [7, 11) is 0. The van der Waals surface area contributed by atoms with E-state index >= 15 is 0 Å². The Hall–Kier alpha value is -8.38. The molecule has 10 aromatic rings. The molecule has 8 aromatic carbocycles. The van der Waals surface area contributed by atoms with Gasteiger partial charge in [-0.1, -0.05) is 139 Å². The zero-order valence-corrected chi connectivity index (χ0v) is 32.7. The summed E-state index contributed by atoms with van der Waals surface area (Å²) in [5.74, 6) is 0.627. The van der Waals surface area contributed by atoms with Gasteiger partial charge in [0.25, 0.3) is 0 Å². The molecular weight excluding hydrogens is 731 g/mol. The van der Waals surface area contributed by atoms with Crippen LogP contribution >= 0.6 is 0 Å². The van der Waals surface area contributed by atoms with E-state index in [-0.39, 0.29) is 0 Å². The minimum atomic E-state index is 0.583. The fourth-order valence-corrected chi connectivity index (χ4v) is 8.20. The summed E-state index contributed by atoms with van der Waals surface area (Å²) in [5, 5.41) is 22.0. The van der Waals surface area contributed by atoms with Crippen molar-refractivity contribution in [1.29, 1.82) is 10.5 Å². The summed E-state index contributed by atoms with van der Waals surface area (Å²) in [6.07, 6.45) is 0. The van der Waals surface area contributed by atoms with Gasteiger partial charge in [0.1, 0.15) is 0 Å². The minimum Gasteiger partial charge on any atom is -0.308 e. The Morgan fingerprint density at radius 2 is 0.917 bits per heavy atom. The maximum absolute atomic E-state index is 9.84. The molecule has 0 unspecified atom stereocenters. The van der Waals surface area contributed by atoms with Gasteiger partial charge in [-0.15, -0.1) is 0 Å². The van der Waals surface area contributed by atoms with Gasteiger partial charge in [-0.2, -0.15) is 10.5 Å². The van der Waals surface area contributed by atoms with Crippen molar-refractivity contribution in [2.24, 2.45) is 0 Å². The maximum atomic E-state index is 9.84. The van der Waals surface area contributed by atoms with Crippen LogP contribution in [0.1, 0.15) is 16.7 Å². The quantitative estimate of drug-likeness (QED) is 0.162. The third-order valence-corrected chi connectivity index (χ3v) is 11.1. The molecule has 0 bridgehead atoms. The number of rotatable bonds is 7. The Kier molecular flexibility index (Phi) is 9.10. The summed E-state index contributed by atoms with van der Waals surface area (Å²) in [6, 6.07) is 70.9. The predicted molar refractivity (Wildman–Crippen MR) is 243 cm³/mol. The van der Waals surface area contributed by atoms with Crippen LogP contribution in [0, 0.1) is 29.6 Å². The molecule has 2 aromatic heterocycles. The number of benzene rings is 8. The smallest absolute Gasteiger partial charge is 0.160 e. The number of aryl methyl sites for hydroxylation is 1. The second-order valence-electron chi connectivity index (χ2n) is 14.9. The number of fused-ring (bicyclic) bond motifs is 3. The molecule has 0 radical (unpaired) electrons. The molecule has 60 heavy (non-hydrogen) atoms. The van der Waals surface area contributed by atoms with Gasteiger partial charge < -0.3 is 4.57 Å². The highest BCUT2D eigenvalue weighted by molar-refractivity contribution is 6.12. The molecule has 0 spiro atoms. The topological polar surface area (TPSA) is 78.3 Å². The SMILES string of the molecule is Cc1cccc(-c2ccc3c(c2)c2ccccc2n3-c2c(-c3ccc(C#N)cc3)cc(-c3cc(-c4ccccc4)nc(-c4ccccc4)n3)cc2-c2ccc(C#N)cc2)c1. The Balaban J connectivity index is 1.31. The summed E-state index contributed by atoms with van der Waals surface area (Å²) in [6.45, 7) is 2.12. The molecule has 280 valence electrons. The van der Waals surface area contributed by atoms with E-state index < -0.39 is 0 Å². The molecule has 0 saturated heterocycles. The normalized spacial score (nSPS) is 11.1. The van der Waals surface area contributed by atoms with Crippen molar-refractivity contribution in [3.63, 3.8) is 0 Å². The molecule has 0 aliphatic heterocycles. The van der Waals surface area contributed by atoms with Crippen molar-refractivity contribution in [3.05, 3.63) is 211 Å². The Morgan fingerprint density at radius 3 is 1.53 bits per heavy atom. The molecule has 10 rings (SSSR count). The monoisotopic (exact) mass is 765 g/mol. The highest BCUT2D eigenvalue weighted by Crippen LogP contribution is 2.45. The Bertz CT molecular complexity index is 3180. The second kappa shape index (κ2) is 15.2. The average molecular weight is 766 g/mol. The third kappa shape index (κ3) is 6.57. The molecule has 0 atom stereocenters. The highest BCUT2D eigenvalue weighted by atomic mass is 15.0. The first-order chi connectivity index (χ1) is 29.5. The molecule has 5 nitrogen and oxygen atoms in total. The zero-order chi connectivity index (χ0) is 40.6. The van der Waals surface area contributed by atoms with E-state index in [4.69, 9.17) is 9.97 Å². The van der Waals surface area contributed by atoms with Crippen LogP contribution < -0.4 is 0 Å². The van der Waals surface area contributed by atoms with Crippen molar-refractivity contribution in [3.8, 4) is 85.1 Å². The van der Waals surface area contributed by atoms with Crippen molar-refractivity contribution in [1.82, 2.24) is 14.5 Å². The number of aromatic nitrogens is 3. The summed E-state index contributed by atoms with van der Waals surface area (Å²) in [4.78, 5) is 10.3. The van der Waals surface area contributed by atoms with Crippen LogP contribution in [0.5, 0.6) is 0 Å². The number of hydrogen-bond donors (Lipinski definition) is 0. The third-order valence-electron chi connectivity index (χ3n) is 11.1. The highest BCUT2D eigenvalue weighted by Gasteiger charge is 2.23. The molecule has 0 N–H and O–H groups in total. The fraction of sp³-hybridized carbons (Fsp3) is 0.0182. The van der Waals surface area contributed by atoms with E-state index in [1.165, 1.54) is 11.1 Å². The van der Waals surface area contributed by atoms with Gasteiger partial charge in [-0.3, -0.25) is 0 Å². The first-order valence-electron chi connectivity index (χ1n) is 19.8. The van der Waals surface area contributed by atoms with E-state index in [1.54, 1.807) is 0 Å². The van der Waals surface area contributed by atoms with Gasteiger partial charge in [0.2, 0.25) is 0 Å². The lowest BCUT2D eigenvalue weighted by Gasteiger charge is -2.21. The van der Waals surface area contributed by atoms with E-state index in [9.17, 15) is 10.5 Å². The molecule has 0 aliphatic rings. The fourth-order valence-electron chi connectivity index (χ4n) is 8.20. The molecule has 2 heterocycles. The zero-order valence-electron chi connectivity index (χ0n) is 32.7. The lowest BCUT2D eigenvalue weighted by molar-refractivity contribution is 1.17. The van der Waals surface area contributed by atoms with Crippen LogP contribution in [0.3, 0.4) is 0 Å². The van der Waals surface area contributed by atoms with Crippen LogP contribution in [0.25, 0.3) is 94.8 Å². The standard InChI is InChI=1S/C55H35N5/c1-36-11-10-16-43(29-36)44-27-28-53-49(30-44)46-17-8-9-18-52(46)60(53)54-47(39-23-19-37(34-56)20-24-39)31-45(32-48(54)40-25-21-38(35-57)22-26-40)51-33-50(41-12-4-2-5-13-41)58-55(59-51)42-14-6-3-7-15-42/h2-33H,1H3.